The third kappa shape index (κ3) is 3.77. The number of methoxy groups -OCH3 is 2. The fraction of sp³-hybridized carbons (Fsp3) is 0.350. The Hall–Kier alpha value is -3.07. The molecule has 1 fully saturated rings. The molecule has 0 saturated carbocycles. The maximum atomic E-state index is 13.0. The molecule has 1 aliphatic rings. The van der Waals surface area contributed by atoms with Crippen molar-refractivity contribution in [2.75, 3.05) is 20.8 Å². The van der Waals surface area contributed by atoms with Crippen molar-refractivity contribution < 1.29 is 18.7 Å². The molecule has 0 radical (unpaired) electrons. The molecule has 152 valence electrons. The summed E-state index contributed by atoms with van der Waals surface area (Å²) < 4.78 is 17.1. The van der Waals surface area contributed by atoms with Crippen molar-refractivity contribution in [1.82, 2.24) is 14.7 Å². The van der Waals surface area contributed by atoms with Gasteiger partial charge in [0.2, 0.25) is 5.91 Å². The van der Waals surface area contributed by atoms with Gasteiger partial charge in [0.1, 0.15) is 18.0 Å². The van der Waals surface area contributed by atoms with Crippen LogP contribution < -0.4 is 15.2 Å². The van der Waals surface area contributed by atoms with Gasteiger partial charge < -0.3 is 18.8 Å². The molecule has 4 rings (SSSR count). The van der Waals surface area contributed by atoms with E-state index in [1.165, 1.54) is 11.3 Å². The van der Waals surface area contributed by atoms with Crippen molar-refractivity contribution in [1.29, 1.82) is 0 Å². The van der Waals surface area contributed by atoms with Crippen LogP contribution in [0, 0.1) is 0 Å². The van der Waals surface area contributed by atoms with Gasteiger partial charge >= 0.3 is 5.76 Å². The molecule has 0 N–H and O–H groups in total. The SMILES string of the molecule is COc1ccc(OC)c(C2CCCN2C(=O)Cn2nc(-c3cccs3)oc2=O)c1. The average Bonchev–Trinajstić information content (AvgIpc) is 3.49. The van der Waals surface area contributed by atoms with E-state index in [-0.39, 0.29) is 24.4 Å². The van der Waals surface area contributed by atoms with Gasteiger partial charge in [-0.15, -0.1) is 16.4 Å². The fourth-order valence-corrected chi connectivity index (χ4v) is 4.26. The van der Waals surface area contributed by atoms with Gasteiger partial charge in [-0.25, -0.2) is 4.79 Å². The second kappa shape index (κ2) is 8.12. The lowest BCUT2D eigenvalue weighted by Crippen LogP contribution is -2.35. The number of nitrogens with zero attached hydrogens (tertiary/aromatic N) is 3. The summed E-state index contributed by atoms with van der Waals surface area (Å²) in [4.78, 5) is 27.7. The smallest absolute Gasteiger partial charge is 0.437 e. The summed E-state index contributed by atoms with van der Waals surface area (Å²) in [5.74, 6) is 0.801. The van der Waals surface area contributed by atoms with Gasteiger partial charge in [0.25, 0.3) is 5.89 Å². The molecule has 8 nitrogen and oxygen atoms in total. The van der Waals surface area contributed by atoms with Gasteiger partial charge in [-0.3, -0.25) is 4.79 Å². The van der Waals surface area contributed by atoms with Crippen LogP contribution in [-0.4, -0.2) is 41.4 Å². The molecule has 1 atom stereocenters. The molecule has 1 amide bonds. The summed E-state index contributed by atoms with van der Waals surface area (Å²) in [7, 11) is 3.21. The van der Waals surface area contributed by atoms with Crippen molar-refractivity contribution >= 4 is 17.2 Å². The Balaban J connectivity index is 1.57. The molecule has 0 aliphatic carbocycles. The monoisotopic (exact) mass is 415 g/mol. The summed E-state index contributed by atoms with van der Waals surface area (Å²) in [6.45, 7) is 0.435. The first-order valence-electron chi connectivity index (χ1n) is 9.24. The van der Waals surface area contributed by atoms with Crippen LogP contribution in [0.2, 0.25) is 0 Å². The first-order valence-corrected chi connectivity index (χ1v) is 10.1. The minimum absolute atomic E-state index is 0.146. The number of rotatable bonds is 6. The summed E-state index contributed by atoms with van der Waals surface area (Å²) >= 11 is 1.42. The minimum Gasteiger partial charge on any atom is -0.497 e. The maximum Gasteiger partial charge on any atom is 0.437 e. The Labute approximate surface area is 171 Å². The number of hydrogen-bond acceptors (Lipinski definition) is 7. The van der Waals surface area contributed by atoms with Crippen LogP contribution in [-0.2, 0) is 11.3 Å². The highest BCUT2D eigenvalue weighted by molar-refractivity contribution is 7.13. The van der Waals surface area contributed by atoms with E-state index >= 15 is 0 Å². The standard InChI is InChI=1S/C20H21N3O5S/c1-26-13-7-8-16(27-2)14(11-13)15-5-3-9-22(15)18(24)12-23-20(25)28-19(21-23)17-6-4-10-29-17/h4,6-8,10-11,15H,3,5,9,12H2,1-2H3. The number of aromatic nitrogens is 2. The molecular weight excluding hydrogens is 394 g/mol. The Morgan fingerprint density at radius 1 is 1.31 bits per heavy atom. The molecule has 1 unspecified atom stereocenters. The van der Waals surface area contributed by atoms with E-state index in [1.807, 2.05) is 35.7 Å². The first-order chi connectivity index (χ1) is 14.1. The van der Waals surface area contributed by atoms with E-state index in [0.29, 0.717) is 18.0 Å². The largest absolute Gasteiger partial charge is 0.497 e. The van der Waals surface area contributed by atoms with Crippen LogP contribution in [0.4, 0.5) is 0 Å². The first kappa shape index (κ1) is 19.3. The third-order valence-corrected chi connectivity index (χ3v) is 5.85. The Morgan fingerprint density at radius 2 is 2.17 bits per heavy atom. The van der Waals surface area contributed by atoms with Crippen molar-refractivity contribution in [2.45, 2.75) is 25.4 Å². The molecule has 2 aromatic heterocycles. The molecule has 0 spiro atoms. The molecule has 29 heavy (non-hydrogen) atoms. The predicted octanol–water partition coefficient (Wildman–Crippen LogP) is 2.95. The number of likely N-dealkylation sites (tertiary alicyclic amines) is 1. The number of carbonyl (C=O) groups is 1. The zero-order valence-electron chi connectivity index (χ0n) is 16.2. The second-order valence-corrected chi connectivity index (χ2v) is 7.61. The van der Waals surface area contributed by atoms with Crippen LogP contribution in [0.1, 0.15) is 24.4 Å². The number of carbonyl (C=O) groups excluding carboxylic acids is 1. The van der Waals surface area contributed by atoms with Crippen molar-refractivity contribution in [3.8, 4) is 22.3 Å². The van der Waals surface area contributed by atoms with Crippen LogP contribution in [0.3, 0.4) is 0 Å². The van der Waals surface area contributed by atoms with Crippen molar-refractivity contribution in [2.24, 2.45) is 0 Å². The average molecular weight is 415 g/mol. The quantitative estimate of drug-likeness (QED) is 0.615. The molecule has 1 saturated heterocycles. The second-order valence-electron chi connectivity index (χ2n) is 6.66. The topological polar surface area (TPSA) is 86.8 Å². The van der Waals surface area contributed by atoms with Crippen LogP contribution in [0.25, 0.3) is 10.8 Å². The molecular formula is C20H21N3O5S. The predicted molar refractivity (Wildman–Crippen MR) is 107 cm³/mol. The molecule has 1 aromatic carbocycles. The maximum absolute atomic E-state index is 13.0. The van der Waals surface area contributed by atoms with Crippen LogP contribution >= 0.6 is 11.3 Å². The highest BCUT2D eigenvalue weighted by Gasteiger charge is 2.32. The molecule has 3 heterocycles. The van der Waals surface area contributed by atoms with E-state index in [9.17, 15) is 9.59 Å². The van der Waals surface area contributed by atoms with E-state index in [2.05, 4.69) is 5.10 Å². The number of ether oxygens (including phenoxy) is 2. The van der Waals surface area contributed by atoms with E-state index in [0.717, 1.165) is 28.0 Å². The lowest BCUT2D eigenvalue weighted by Gasteiger charge is -2.26. The van der Waals surface area contributed by atoms with Crippen molar-refractivity contribution in [3.63, 3.8) is 0 Å². The Bertz CT molecular complexity index is 1060. The van der Waals surface area contributed by atoms with Crippen LogP contribution in [0.15, 0.2) is 44.9 Å². The molecule has 1 aliphatic heterocycles. The zero-order chi connectivity index (χ0) is 20.4. The number of thiophene rings is 1. The molecule has 3 aromatic rings. The summed E-state index contributed by atoms with van der Waals surface area (Å²) in [5, 5.41) is 6.05. The molecule has 0 bridgehead atoms. The number of hydrogen-bond donors (Lipinski definition) is 0. The van der Waals surface area contributed by atoms with E-state index < -0.39 is 5.76 Å². The lowest BCUT2D eigenvalue weighted by molar-refractivity contribution is -0.133. The van der Waals surface area contributed by atoms with Gasteiger partial charge in [0, 0.05) is 12.1 Å². The lowest BCUT2D eigenvalue weighted by atomic mass is 10.0. The van der Waals surface area contributed by atoms with Gasteiger partial charge in [0.05, 0.1) is 25.1 Å². The minimum atomic E-state index is -0.642. The Morgan fingerprint density at radius 3 is 2.90 bits per heavy atom. The van der Waals surface area contributed by atoms with Gasteiger partial charge in [0.15, 0.2) is 0 Å². The van der Waals surface area contributed by atoms with E-state index in [1.54, 1.807) is 19.1 Å². The third-order valence-electron chi connectivity index (χ3n) is 4.99. The van der Waals surface area contributed by atoms with E-state index in [4.69, 9.17) is 13.9 Å². The van der Waals surface area contributed by atoms with Gasteiger partial charge in [-0.05, 0) is 42.5 Å². The van der Waals surface area contributed by atoms with Crippen LogP contribution in [0.5, 0.6) is 11.5 Å². The molecule has 9 heteroatoms. The summed E-state index contributed by atoms with van der Waals surface area (Å²) in [6, 6.07) is 9.07. The van der Waals surface area contributed by atoms with Crippen molar-refractivity contribution in [3.05, 3.63) is 51.8 Å². The zero-order valence-corrected chi connectivity index (χ0v) is 17.0. The Kier molecular flexibility index (Phi) is 5.39. The number of amides is 1. The fourth-order valence-electron chi connectivity index (χ4n) is 3.61. The van der Waals surface area contributed by atoms with Gasteiger partial charge in [-0.2, -0.15) is 4.68 Å². The van der Waals surface area contributed by atoms with Gasteiger partial charge in [-0.1, -0.05) is 6.07 Å². The normalized spacial score (nSPS) is 16.2. The highest BCUT2D eigenvalue weighted by atomic mass is 32.1. The summed E-state index contributed by atoms with van der Waals surface area (Å²) in [5.41, 5.74) is 0.893. The summed E-state index contributed by atoms with van der Waals surface area (Å²) in [6.07, 6.45) is 1.67. The highest BCUT2D eigenvalue weighted by Crippen LogP contribution is 2.39. The number of benzene rings is 1.